The van der Waals surface area contributed by atoms with Gasteiger partial charge in [0.25, 0.3) is 0 Å². The predicted octanol–water partition coefficient (Wildman–Crippen LogP) is 0.838. The van der Waals surface area contributed by atoms with Gasteiger partial charge in [0.15, 0.2) is 0 Å². The number of aromatic nitrogens is 3. The van der Waals surface area contributed by atoms with Crippen molar-refractivity contribution in [2.75, 3.05) is 18.5 Å². The summed E-state index contributed by atoms with van der Waals surface area (Å²) in [5.74, 6) is 0.182. The van der Waals surface area contributed by atoms with Crippen molar-refractivity contribution in [3.8, 4) is 6.01 Å². The molecule has 116 valence electrons. The molecule has 8 heteroatoms. The molecule has 1 aliphatic carbocycles. The number of aromatic amines is 1. The minimum absolute atomic E-state index is 0.0543. The van der Waals surface area contributed by atoms with Gasteiger partial charge >= 0.3 is 6.01 Å². The molecule has 1 aliphatic rings. The summed E-state index contributed by atoms with van der Waals surface area (Å²) in [6.45, 7) is 2.60. The second kappa shape index (κ2) is 7.61. The molecule has 1 heterocycles. The third-order valence-corrected chi connectivity index (χ3v) is 3.37. The molecule has 0 unspecified atom stereocenters. The number of rotatable bonds is 7. The first-order valence-electron chi connectivity index (χ1n) is 7.31. The first-order chi connectivity index (χ1) is 10.2. The van der Waals surface area contributed by atoms with Crippen molar-refractivity contribution in [1.29, 1.82) is 0 Å². The second-order valence-corrected chi connectivity index (χ2v) is 4.97. The number of nitrogens with zero attached hydrogens (tertiary/aromatic N) is 2. The lowest BCUT2D eigenvalue weighted by molar-refractivity contribution is -0.124. The molecule has 3 N–H and O–H groups in total. The summed E-state index contributed by atoms with van der Waals surface area (Å²) < 4.78 is 5.08. The summed E-state index contributed by atoms with van der Waals surface area (Å²) in [5, 5.41) is 11.7. The zero-order valence-corrected chi connectivity index (χ0v) is 12.1. The van der Waals surface area contributed by atoms with E-state index in [0.29, 0.717) is 13.2 Å². The third kappa shape index (κ3) is 4.73. The second-order valence-electron chi connectivity index (χ2n) is 4.97. The number of carbonyl (C=O) groups is 2. The molecule has 2 amide bonds. The molecule has 21 heavy (non-hydrogen) atoms. The summed E-state index contributed by atoms with van der Waals surface area (Å²) in [6, 6.07) is 0.197. The molecule has 0 aliphatic heterocycles. The predicted molar refractivity (Wildman–Crippen MR) is 75.8 cm³/mol. The Morgan fingerprint density at radius 1 is 1.38 bits per heavy atom. The number of H-pyrrole nitrogens is 1. The first kappa shape index (κ1) is 15.3. The van der Waals surface area contributed by atoms with Gasteiger partial charge < -0.3 is 10.1 Å². The van der Waals surface area contributed by atoms with Gasteiger partial charge in [-0.05, 0) is 19.8 Å². The summed E-state index contributed by atoms with van der Waals surface area (Å²) in [6.07, 6.45) is 4.34. The van der Waals surface area contributed by atoms with Crippen molar-refractivity contribution in [1.82, 2.24) is 20.5 Å². The highest BCUT2D eigenvalue weighted by Gasteiger charge is 2.22. The molecule has 0 spiro atoms. The summed E-state index contributed by atoms with van der Waals surface area (Å²) in [4.78, 5) is 27.4. The van der Waals surface area contributed by atoms with E-state index in [1.807, 2.05) is 6.92 Å². The summed E-state index contributed by atoms with van der Waals surface area (Å²) in [5.41, 5.74) is 0. The van der Waals surface area contributed by atoms with E-state index in [0.717, 1.165) is 25.7 Å². The number of anilines is 1. The topological polar surface area (TPSA) is 109 Å². The van der Waals surface area contributed by atoms with Crippen molar-refractivity contribution < 1.29 is 14.3 Å². The van der Waals surface area contributed by atoms with Crippen molar-refractivity contribution in [3.63, 3.8) is 0 Å². The lowest BCUT2D eigenvalue weighted by atomic mass is 10.1. The summed E-state index contributed by atoms with van der Waals surface area (Å²) >= 11 is 0. The standard InChI is InChI=1S/C13H21N5O3/c1-2-21-13-16-12(17-18-13)15-10(19)7-8-14-11(20)9-5-3-4-6-9/h9H,2-8H2,1H3,(H,14,20)(H2,15,16,17,18,19). The van der Waals surface area contributed by atoms with E-state index in [1.54, 1.807) is 0 Å². The SMILES string of the molecule is CCOc1n[nH]c(NC(=O)CCNC(=O)C2CCCC2)n1. The Labute approximate surface area is 123 Å². The number of nitrogens with one attached hydrogen (secondary N) is 3. The van der Waals surface area contributed by atoms with Crippen LogP contribution in [-0.4, -0.2) is 40.1 Å². The number of hydrogen-bond acceptors (Lipinski definition) is 5. The highest BCUT2D eigenvalue weighted by atomic mass is 16.5. The van der Waals surface area contributed by atoms with E-state index in [-0.39, 0.29) is 36.1 Å². The van der Waals surface area contributed by atoms with Gasteiger partial charge in [-0.2, -0.15) is 4.98 Å². The molecule has 0 atom stereocenters. The van der Waals surface area contributed by atoms with Gasteiger partial charge in [-0.1, -0.05) is 12.8 Å². The highest BCUT2D eigenvalue weighted by Crippen LogP contribution is 2.24. The Hall–Kier alpha value is -2.12. The molecule has 8 nitrogen and oxygen atoms in total. The van der Waals surface area contributed by atoms with E-state index in [9.17, 15) is 9.59 Å². The molecule has 0 bridgehead atoms. The lowest BCUT2D eigenvalue weighted by Crippen LogP contribution is -2.32. The number of hydrogen-bond donors (Lipinski definition) is 3. The van der Waals surface area contributed by atoms with Crippen LogP contribution >= 0.6 is 0 Å². The third-order valence-electron chi connectivity index (χ3n) is 3.37. The monoisotopic (exact) mass is 295 g/mol. The van der Waals surface area contributed by atoms with Crippen LogP contribution in [0.25, 0.3) is 0 Å². The van der Waals surface area contributed by atoms with Gasteiger partial charge in [-0.25, -0.2) is 5.10 Å². The zero-order valence-electron chi connectivity index (χ0n) is 12.1. The summed E-state index contributed by atoms with van der Waals surface area (Å²) in [7, 11) is 0. The van der Waals surface area contributed by atoms with Crippen LogP contribution in [0.1, 0.15) is 39.0 Å². The molecule has 1 saturated carbocycles. The molecule has 1 aromatic heterocycles. The van der Waals surface area contributed by atoms with Crippen LogP contribution in [-0.2, 0) is 9.59 Å². The maximum Gasteiger partial charge on any atom is 0.337 e. The fourth-order valence-corrected chi connectivity index (χ4v) is 2.32. The van der Waals surface area contributed by atoms with Crippen LogP contribution in [0.3, 0.4) is 0 Å². The lowest BCUT2D eigenvalue weighted by Gasteiger charge is -2.09. The first-order valence-corrected chi connectivity index (χ1v) is 7.31. The van der Waals surface area contributed by atoms with Crippen LogP contribution in [0.4, 0.5) is 5.95 Å². The van der Waals surface area contributed by atoms with Crippen LogP contribution in [0.15, 0.2) is 0 Å². The van der Waals surface area contributed by atoms with E-state index in [1.165, 1.54) is 0 Å². The van der Waals surface area contributed by atoms with Gasteiger partial charge in [0.2, 0.25) is 17.8 Å². The molecule has 0 aromatic carbocycles. The molecular formula is C13H21N5O3. The normalized spacial score (nSPS) is 14.9. The van der Waals surface area contributed by atoms with Crippen LogP contribution in [0.5, 0.6) is 6.01 Å². The fourth-order valence-electron chi connectivity index (χ4n) is 2.32. The van der Waals surface area contributed by atoms with Crippen molar-refractivity contribution >= 4 is 17.8 Å². The van der Waals surface area contributed by atoms with Gasteiger partial charge in [0.1, 0.15) is 0 Å². The minimum Gasteiger partial charge on any atom is -0.463 e. The Morgan fingerprint density at radius 2 is 2.14 bits per heavy atom. The Morgan fingerprint density at radius 3 is 2.86 bits per heavy atom. The van der Waals surface area contributed by atoms with Gasteiger partial charge in [-0.3, -0.25) is 14.9 Å². The van der Waals surface area contributed by atoms with Crippen molar-refractivity contribution in [2.24, 2.45) is 5.92 Å². The maximum atomic E-state index is 11.8. The number of carbonyl (C=O) groups excluding carboxylic acids is 2. The Bertz CT molecular complexity index is 482. The molecular weight excluding hydrogens is 274 g/mol. The number of amides is 2. The molecule has 2 rings (SSSR count). The highest BCUT2D eigenvalue weighted by molar-refractivity contribution is 5.89. The van der Waals surface area contributed by atoms with Crippen LogP contribution < -0.4 is 15.4 Å². The van der Waals surface area contributed by atoms with Gasteiger partial charge in [-0.15, -0.1) is 5.10 Å². The van der Waals surface area contributed by atoms with E-state index >= 15 is 0 Å². The fraction of sp³-hybridized carbons (Fsp3) is 0.692. The molecule has 1 fully saturated rings. The Balaban J connectivity index is 1.65. The van der Waals surface area contributed by atoms with E-state index in [4.69, 9.17) is 4.74 Å². The van der Waals surface area contributed by atoms with Gasteiger partial charge in [0, 0.05) is 18.9 Å². The van der Waals surface area contributed by atoms with Crippen molar-refractivity contribution in [2.45, 2.75) is 39.0 Å². The van der Waals surface area contributed by atoms with Crippen molar-refractivity contribution in [3.05, 3.63) is 0 Å². The quantitative estimate of drug-likeness (QED) is 0.690. The zero-order chi connectivity index (χ0) is 15.1. The Kier molecular flexibility index (Phi) is 5.53. The molecule has 0 radical (unpaired) electrons. The molecule has 0 saturated heterocycles. The largest absolute Gasteiger partial charge is 0.463 e. The maximum absolute atomic E-state index is 11.8. The average molecular weight is 295 g/mol. The van der Waals surface area contributed by atoms with Crippen LogP contribution in [0.2, 0.25) is 0 Å². The number of ether oxygens (including phenoxy) is 1. The smallest absolute Gasteiger partial charge is 0.337 e. The van der Waals surface area contributed by atoms with Gasteiger partial charge in [0.05, 0.1) is 6.61 Å². The van der Waals surface area contributed by atoms with E-state index in [2.05, 4.69) is 25.8 Å². The minimum atomic E-state index is -0.235. The average Bonchev–Trinajstić information content (AvgIpc) is 3.10. The van der Waals surface area contributed by atoms with E-state index < -0.39 is 0 Å². The van der Waals surface area contributed by atoms with Crippen LogP contribution in [0, 0.1) is 5.92 Å². The molecule has 1 aromatic rings.